The van der Waals surface area contributed by atoms with Crippen molar-refractivity contribution < 1.29 is 0 Å². The fourth-order valence-corrected chi connectivity index (χ4v) is 3.76. The summed E-state index contributed by atoms with van der Waals surface area (Å²) in [5.41, 5.74) is 3.61. The van der Waals surface area contributed by atoms with Gasteiger partial charge in [0.25, 0.3) is 0 Å². The molecule has 4 nitrogen and oxygen atoms in total. The topological polar surface area (TPSA) is 35.6 Å². The van der Waals surface area contributed by atoms with Crippen LogP contribution in [0.1, 0.15) is 11.1 Å². The number of hydrogen-bond acceptors (Lipinski definition) is 3. The van der Waals surface area contributed by atoms with Crippen molar-refractivity contribution >= 4 is 11.8 Å². The Morgan fingerprint density at radius 3 is 2.56 bits per heavy atom. The molecule has 0 aliphatic heterocycles. The van der Waals surface area contributed by atoms with Crippen molar-refractivity contribution in [2.24, 2.45) is 0 Å². The van der Waals surface area contributed by atoms with E-state index in [2.05, 4.69) is 68.8 Å². The molecular formula is C20H18N4S. The largest absolute Gasteiger partial charge is 0.324 e. The van der Waals surface area contributed by atoms with Crippen LogP contribution in [0.5, 0.6) is 0 Å². The van der Waals surface area contributed by atoms with Crippen molar-refractivity contribution in [3.8, 4) is 11.5 Å². The average Bonchev–Trinajstić information content (AvgIpc) is 3.32. The molecule has 25 heavy (non-hydrogen) atoms. The highest BCUT2D eigenvalue weighted by molar-refractivity contribution is 7.98. The van der Waals surface area contributed by atoms with Gasteiger partial charge in [0.05, 0.1) is 0 Å². The third kappa shape index (κ3) is 3.23. The minimum atomic E-state index is 0.844. The molecule has 0 bridgehead atoms. The first kappa shape index (κ1) is 15.7. The highest BCUT2D eigenvalue weighted by Crippen LogP contribution is 2.27. The summed E-state index contributed by atoms with van der Waals surface area (Å²) in [5, 5.41) is 0.948. The van der Waals surface area contributed by atoms with Crippen LogP contribution in [0.25, 0.3) is 11.5 Å². The lowest BCUT2D eigenvalue weighted by atomic mass is 10.2. The lowest BCUT2D eigenvalue weighted by Gasteiger charge is -2.12. The molecule has 0 saturated heterocycles. The summed E-state index contributed by atoms with van der Waals surface area (Å²) in [5.74, 6) is 1.78. The summed E-state index contributed by atoms with van der Waals surface area (Å²) in [6.45, 7) is 2.07. The van der Waals surface area contributed by atoms with E-state index in [1.54, 1.807) is 11.8 Å². The molecule has 0 fully saturated rings. The second kappa shape index (κ2) is 6.99. The standard InChI is InChI=1S/C20H18N4S/c1-16-7-6-10-21-19(16)24-14-11-22-20(24)25-15-17-8-2-3-9-18(17)23-12-4-5-13-23/h2-14H,15H2,1H3. The third-order valence-corrected chi connectivity index (χ3v) is 5.06. The molecule has 4 aromatic rings. The van der Waals surface area contributed by atoms with Crippen molar-refractivity contribution in [2.75, 3.05) is 0 Å². The van der Waals surface area contributed by atoms with Crippen molar-refractivity contribution in [1.82, 2.24) is 19.1 Å². The molecule has 1 aromatic carbocycles. The lowest BCUT2D eigenvalue weighted by molar-refractivity contribution is 0.854. The van der Waals surface area contributed by atoms with E-state index in [0.717, 1.165) is 22.3 Å². The fourth-order valence-electron chi connectivity index (χ4n) is 2.81. The van der Waals surface area contributed by atoms with E-state index in [1.807, 2.05) is 36.8 Å². The van der Waals surface area contributed by atoms with Crippen LogP contribution in [-0.2, 0) is 5.75 Å². The molecule has 0 unspecified atom stereocenters. The van der Waals surface area contributed by atoms with Gasteiger partial charge in [-0.2, -0.15) is 0 Å². The maximum Gasteiger partial charge on any atom is 0.174 e. The Balaban J connectivity index is 1.60. The van der Waals surface area contributed by atoms with Crippen LogP contribution in [0.2, 0.25) is 0 Å². The van der Waals surface area contributed by atoms with E-state index in [4.69, 9.17) is 0 Å². The summed E-state index contributed by atoms with van der Waals surface area (Å²) in [6, 6.07) is 16.6. The Hall–Kier alpha value is -2.79. The SMILES string of the molecule is Cc1cccnc1-n1ccnc1SCc1ccccc1-n1cccc1. The first-order valence-corrected chi connectivity index (χ1v) is 9.11. The second-order valence-corrected chi connectivity index (χ2v) is 6.67. The highest BCUT2D eigenvalue weighted by atomic mass is 32.2. The smallest absolute Gasteiger partial charge is 0.174 e. The number of aryl methyl sites for hydroxylation is 1. The van der Waals surface area contributed by atoms with Crippen LogP contribution in [-0.4, -0.2) is 19.1 Å². The lowest BCUT2D eigenvalue weighted by Crippen LogP contribution is -2.01. The van der Waals surface area contributed by atoms with Crippen LogP contribution in [0, 0.1) is 6.92 Å². The van der Waals surface area contributed by atoms with E-state index < -0.39 is 0 Å². The fraction of sp³-hybridized carbons (Fsp3) is 0.100. The zero-order valence-electron chi connectivity index (χ0n) is 13.9. The Morgan fingerprint density at radius 1 is 0.880 bits per heavy atom. The zero-order valence-corrected chi connectivity index (χ0v) is 14.7. The Bertz CT molecular complexity index is 973. The van der Waals surface area contributed by atoms with Crippen LogP contribution in [0.4, 0.5) is 0 Å². The number of para-hydroxylation sites is 1. The third-order valence-electron chi connectivity index (χ3n) is 4.05. The number of imidazole rings is 1. The molecule has 0 saturated carbocycles. The van der Waals surface area contributed by atoms with Gasteiger partial charge in [-0.25, -0.2) is 9.97 Å². The molecule has 4 rings (SSSR count). The molecule has 0 atom stereocenters. The minimum absolute atomic E-state index is 0.844. The summed E-state index contributed by atoms with van der Waals surface area (Å²) >= 11 is 1.72. The van der Waals surface area contributed by atoms with E-state index in [1.165, 1.54) is 11.3 Å². The minimum Gasteiger partial charge on any atom is -0.324 e. The number of nitrogens with zero attached hydrogens (tertiary/aromatic N) is 4. The van der Waals surface area contributed by atoms with Gasteiger partial charge >= 0.3 is 0 Å². The quantitative estimate of drug-likeness (QED) is 0.493. The summed E-state index contributed by atoms with van der Waals surface area (Å²) in [7, 11) is 0. The normalized spacial score (nSPS) is 10.9. The molecule has 3 aromatic heterocycles. The number of hydrogen-bond donors (Lipinski definition) is 0. The van der Waals surface area contributed by atoms with E-state index in [9.17, 15) is 0 Å². The Morgan fingerprint density at radius 2 is 1.72 bits per heavy atom. The van der Waals surface area contributed by atoms with Gasteiger partial charge in [-0.05, 0) is 42.3 Å². The monoisotopic (exact) mass is 346 g/mol. The molecule has 0 radical (unpaired) electrons. The summed E-state index contributed by atoms with van der Waals surface area (Å²) in [4.78, 5) is 9.02. The number of thioether (sulfide) groups is 1. The molecule has 0 N–H and O–H groups in total. The van der Waals surface area contributed by atoms with Gasteiger partial charge in [0, 0.05) is 42.4 Å². The molecule has 0 aliphatic rings. The molecule has 0 spiro atoms. The molecule has 124 valence electrons. The first-order chi connectivity index (χ1) is 12.3. The van der Waals surface area contributed by atoms with Gasteiger partial charge in [-0.3, -0.25) is 4.57 Å². The second-order valence-electron chi connectivity index (χ2n) is 5.73. The number of rotatable bonds is 5. The number of benzene rings is 1. The zero-order chi connectivity index (χ0) is 17.1. The maximum absolute atomic E-state index is 4.52. The Labute approximate surface area is 151 Å². The van der Waals surface area contributed by atoms with Crippen molar-refractivity contribution in [3.05, 3.63) is 90.6 Å². The average molecular weight is 346 g/mol. The summed E-state index contributed by atoms with van der Waals surface area (Å²) in [6.07, 6.45) is 9.76. The van der Waals surface area contributed by atoms with Crippen LogP contribution < -0.4 is 0 Å². The highest BCUT2D eigenvalue weighted by Gasteiger charge is 2.11. The summed E-state index contributed by atoms with van der Waals surface area (Å²) < 4.78 is 4.20. The molecule has 3 heterocycles. The first-order valence-electron chi connectivity index (χ1n) is 8.12. The van der Waals surface area contributed by atoms with Gasteiger partial charge in [0.2, 0.25) is 0 Å². The predicted octanol–water partition coefficient (Wildman–Crippen LogP) is 4.66. The van der Waals surface area contributed by atoms with Crippen LogP contribution >= 0.6 is 11.8 Å². The van der Waals surface area contributed by atoms with E-state index in [0.29, 0.717) is 0 Å². The molecular weight excluding hydrogens is 328 g/mol. The van der Waals surface area contributed by atoms with Crippen molar-refractivity contribution in [2.45, 2.75) is 17.8 Å². The van der Waals surface area contributed by atoms with Crippen molar-refractivity contribution in [3.63, 3.8) is 0 Å². The molecule has 5 heteroatoms. The number of aromatic nitrogens is 4. The van der Waals surface area contributed by atoms with Gasteiger partial charge < -0.3 is 4.57 Å². The van der Waals surface area contributed by atoms with E-state index in [-0.39, 0.29) is 0 Å². The van der Waals surface area contributed by atoms with E-state index >= 15 is 0 Å². The maximum atomic E-state index is 4.52. The van der Waals surface area contributed by atoms with Gasteiger partial charge in [0.15, 0.2) is 5.16 Å². The van der Waals surface area contributed by atoms with Crippen LogP contribution in [0.15, 0.2) is 84.7 Å². The molecule has 0 aliphatic carbocycles. The number of pyridine rings is 1. The van der Waals surface area contributed by atoms with Crippen molar-refractivity contribution in [1.29, 1.82) is 0 Å². The van der Waals surface area contributed by atoms with Gasteiger partial charge in [-0.15, -0.1) is 0 Å². The van der Waals surface area contributed by atoms with Gasteiger partial charge in [-0.1, -0.05) is 36.0 Å². The van der Waals surface area contributed by atoms with Crippen LogP contribution in [0.3, 0.4) is 0 Å². The Kier molecular flexibility index (Phi) is 4.39. The predicted molar refractivity (Wildman–Crippen MR) is 101 cm³/mol. The molecule has 0 amide bonds. The van der Waals surface area contributed by atoms with Gasteiger partial charge in [0.1, 0.15) is 5.82 Å².